The van der Waals surface area contributed by atoms with Gasteiger partial charge in [0.25, 0.3) is 0 Å². The second-order valence-corrected chi connectivity index (χ2v) is 2.78. The lowest BCUT2D eigenvalue weighted by Crippen LogP contribution is -2.34. The van der Waals surface area contributed by atoms with Crippen molar-refractivity contribution in [3.05, 3.63) is 35.9 Å². The highest BCUT2D eigenvalue weighted by Crippen LogP contribution is 2.12. The summed E-state index contributed by atoms with van der Waals surface area (Å²) in [6.07, 6.45) is -0.0513. The van der Waals surface area contributed by atoms with Gasteiger partial charge in [-0.3, -0.25) is 0 Å². The van der Waals surface area contributed by atoms with Crippen molar-refractivity contribution < 1.29 is 9.50 Å². The first-order valence-corrected chi connectivity index (χ1v) is 3.79. The molecule has 0 amide bonds. The normalized spacial score (nSPS) is 15.6. The Kier molecular flexibility index (Phi) is 2.78. The summed E-state index contributed by atoms with van der Waals surface area (Å²) in [5.41, 5.74) is 5.77. The van der Waals surface area contributed by atoms with Gasteiger partial charge in [0.15, 0.2) is 0 Å². The average molecular weight is 169 g/mol. The van der Waals surface area contributed by atoms with Crippen LogP contribution in [0.4, 0.5) is 4.39 Å². The molecule has 1 aromatic carbocycles. The molecule has 0 spiro atoms. The monoisotopic (exact) mass is 169 g/mol. The van der Waals surface area contributed by atoms with Crippen LogP contribution in [0.15, 0.2) is 30.3 Å². The smallest absolute Gasteiger partial charge is 0.223 e. The standard InChI is InChI=1S/C9H12FNO/c10-9(12,7-11)6-8-4-2-1-3-5-8/h1-5,12H,6-7,11H2. The fourth-order valence-electron chi connectivity index (χ4n) is 0.981. The van der Waals surface area contributed by atoms with Crippen molar-refractivity contribution in [2.24, 2.45) is 5.73 Å². The lowest BCUT2D eigenvalue weighted by atomic mass is 10.1. The van der Waals surface area contributed by atoms with Gasteiger partial charge in [-0.1, -0.05) is 30.3 Å². The van der Waals surface area contributed by atoms with Gasteiger partial charge in [-0.2, -0.15) is 0 Å². The summed E-state index contributed by atoms with van der Waals surface area (Å²) in [7, 11) is 0. The molecule has 0 bridgehead atoms. The van der Waals surface area contributed by atoms with E-state index in [1.807, 2.05) is 6.07 Å². The van der Waals surface area contributed by atoms with E-state index in [9.17, 15) is 4.39 Å². The Labute approximate surface area is 70.8 Å². The summed E-state index contributed by atoms with van der Waals surface area (Å²) in [5, 5.41) is 8.98. The van der Waals surface area contributed by atoms with Crippen LogP contribution in [0.25, 0.3) is 0 Å². The minimum Gasteiger partial charge on any atom is -0.360 e. The Morgan fingerprint density at radius 3 is 2.42 bits per heavy atom. The summed E-state index contributed by atoms with van der Waals surface area (Å²) in [5.74, 6) is -2.28. The molecule has 0 heterocycles. The molecule has 0 aliphatic carbocycles. The van der Waals surface area contributed by atoms with Crippen molar-refractivity contribution in [1.82, 2.24) is 0 Å². The molecule has 1 aromatic rings. The van der Waals surface area contributed by atoms with E-state index in [1.165, 1.54) is 0 Å². The second kappa shape index (κ2) is 3.65. The Hall–Kier alpha value is -0.930. The third-order valence-corrected chi connectivity index (χ3v) is 1.63. The van der Waals surface area contributed by atoms with Gasteiger partial charge in [-0.15, -0.1) is 0 Å². The highest BCUT2D eigenvalue weighted by atomic mass is 19.2. The van der Waals surface area contributed by atoms with Crippen LogP contribution in [0.5, 0.6) is 0 Å². The van der Waals surface area contributed by atoms with Gasteiger partial charge in [0.2, 0.25) is 5.85 Å². The van der Waals surface area contributed by atoms with Gasteiger partial charge in [0.1, 0.15) is 0 Å². The molecule has 66 valence electrons. The Balaban J connectivity index is 2.64. The molecule has 1 unspecified atom stereocenters. The fourth-order valence-corrected chi connectivity index (χ4v) is 0.981. The Morgan fingerprint density at radius 2 is 1.92 bits per heavy atom. The molecular formula is C9H12FNO. The van der Waals surface area contributed by atoms with E-state index < -0.39 is 5.85 Å². The fraction of sp³-hybridized carbons (Fsp3) is 0.333. The molecule has 0 radical (unpaired) electrons. The zero-order valence-electron chi connectivity index (χ0n) is 6.70. The Bertz CT molecular complexity index is 236. The number of aliphatic hydroxyl groups is 1. The highest BCUT2D eigenvalue weighted by molar-refractivity contribution is 5.16. The van der Waals surface area contributed by atoms with Crippen LogP contribution < -0.4 is 5.73 Å². The van der Waals surface area contributed by atoms with Gasteiger partial charge < -0.3 is 10.8 Å². The van der Waals surface area contributed by atoms with Crippen molar-refractivity contribution in [3.8, 4) is 0 Å². The predicted molar refractivity (Wildman–Crippen MR) is 45.3 cm³/mol. The predicted octanol–water partition coefficient (Wildman–Crippen LogP) is 0.846. The van der Waals surface area contributed by atoms with Crippen molar-refractivity contribution in [2.45, 2.75) is 12.3 Å². The molecule has 3 heteroatoms. The molecular weight excluding hydrogens is 157 g/mol. The molecule has 0 saturated carbocycles. The lowest BCUT2D eigenvalue weighted by Gasteiger charge is -2.15. The van der Waals surface area contributed by atoms with Crippen molar-refractivity contribution in [2.75, 3.05) is 6.54 Å². The lowest BCUT2D eigenvalue weighted by molar-refractivity contribution is -0.0775. The zero-order chi connectivity index (χ0) is 9.03. The number of nitrogens with two attached hydrogens (primary N) is 1. The van der Waals surface area contributed by atoms with E-state index >= 15 is 0 Å². The van der Waals surface area contributed by atoms with Gasteiger partial charge in [0, 0.05) is 6.42 Å². The van der Waals surface area contributed by atoms with E-state index in [1.54, 1.807) is 24.3 Å². The minimum atomic E-state index is -2.28. The van der Waals surface area contributed by atoms with Gasteiger partial charge in [-0.05, 0) is 5.56 Å². The largest absolute Gasteiger partial charge is 0.360 e. The minimum absolute atomic E-state index is 0.0513. The quantitative estimate of drug-likeness (QED) is 0.704. The average Bonchev–Trinajstić information content (AvgIpc) is 2.06. The van der Waals surface area contributed by atoms with Gasteiger partial charge in [0.05, 0.1) is 6.54 Å². The molecule has 1 rings (SSSR count). The Morgan fingerprint density at radius 1 is 1.33 bits per heavy atom. The zero-order valence-corrected chi connectivity index (χ0v) is 6.70. The van der Waals surface area contributed by atoms with E-state index in [2.05, 4.69) is 0 Å². The molecule has 0 fully saturated rings. The van der Waals surface area contributed by atoms with Crippen LogP contribution in [0.3, 0.4) is 0 Å². The number of hydrogen-bond acceptors (Lipinski definition) is 2. The molecule has 12 heavy (non-hydrogen) atoms. The van der Waals surface area contributed by atoms with E-state index in [-0.39, 0.29) is 13.0 Å². The van der Waals surface area contributed by atoms with E-state index in [4.69, 9.17) is 10.8 Å². The van der Waals surface area contributed by atoms with Crippen molar-refractivity contribution in [1.29, 1.82) is 0 Å². The van der Waals surface area contributed by atoms with Crippen LogP contribution in [0.1, 0.15) is 5.56 Å². The SMILES string of the molecule is NCC(O)(F)Cc1ccccc1. The number of benzene rings is 1. The van der Waals surface area contributed by atoms with E-state index in [0.29, 0.717) is 0 Å². The number of hydrogen-bond donors (Lipinski definition) is 2. The van der Waals surface area contributed by atoms with Crippen molar-refractivity contribution in [3.63, 3.8) is 0 Å². The first-order chi connectivity index (χ1) is 5.64. The van der Waals surface area contributed by atoms with Crippen LogP contribution in [-0.4, -0.2) is 17.5 Å². The first-order valence-electron chi connectivity index (χ1n) is 3.79. The molecule has 0 aliphatic rings. The summed E-state index contributed by atoms with van der Waals surface area (Å²) in [4.78, 5) is 0. The second-order valence-electron chi connectivity index (χ2n) is 2.78. The number of rotatable bonds is 3. The highest BCUT2D eigenvalue weighted by Gasteiger charge is 2.23. The molecule has 3 N–H and O–H groups in total. The topological polar surface area (TPSA) is 46.2 Å². The van der Waals surface area contributed by atoms with Crippen LogP contribution >= 0.6 is 0 Å². The molecule has 0 saturated heterocycles. The maximum atomic E-state index is 12.9. The number of halogens is 1. The third-order valence-electron chi connectivity index (χ3n) is 1.63. The molecule has 0 aliphatic heterocycles. The number of alkyl halides is 1. The molecule has 0 aromatic heterocycles. The summed E-state index contributed by atoms with van der Waals surface area (Å²) in [6.45, 7) is -0.373. The summed E-state index contributed by atoms with van der Waals surface area (Å²) >= 11 is 0. The van der Waals surface area contributed by atoms with Crippen LogP contribution in [0.2, 0.25) is 0 Å². The molecule has 2 nitrogen and oxygen atoms in total. The van der Waals surface area contributed by atoms with Gasteiger partial charge in [-0.25, -0.2) is 4.39 Å². The third kappa shape index (κ3) is 2.60. The van der Waals surface area contributed by atoms with Crippen LogP contribution in [0, 0.1) is 0 Å². The summed E-state index contributed by atoms with van der Waals surface area (Å²) in [6, 6.07) is 8.92. The maximum Gasteiger partial charge on any atom is 0.223 e. The van der Waals surface area contributed by atoms with Crippen LogP contribution in [-0.2, 0) is 6.42 Å². The van der Waals surface area contributed by atoms with Gasteiger partial charge >= 0.3 is 0 Å². The first kappa shape index (κ1) is 9.16. The summed E-state index contributed by atoms with van der Waals surface area (Å²) < 4.78 is 12.9. The van der Waals surface area contributed by atoms with E-state index in [0.717, 1.165) is 5.56 Å². The van der Waals surface area contributed by atoms with Crippen molar-refractivity contribution >= 4 is 0 Å². The molecule has 1 atom stereocenters. The maximum absolute atomic E-state index is 12.9.